The van der Waals surface area contributed by atoms with Gasteiger partial charge < -0.3 is 15.6 Å². The molecule has 2 heterocycles. The summed E-state index contributed by atoms with van der Waals surface area (Å²) in [6, 6.07) is 14.4. The lowest BCUT2D eigenvalue weighted by Gasteiger charge is -2.25. The van der Waals surface area contributed by atoms with Crippen LogP contribution in [-0.2, 0) is 6.42 Å². The van der Waals surface area contributed by atoms with Crippen LogP contribution < -0.4 is 11.1 Å². The fourth-order valence-corrected chi connectivity index (χ4v) is 4.01. The molecule has 144 valence electrons. The molecule has 0 bridgehead atoms. The fraction of sp³-hybridized carbons (Fsp3) is 0.304. The molecule has 2 aromatic heterocycles. The van der Waals surface area contributed by atoms with Crippen molar-refractivity contribution in [3.8, 4) is 5.69 Å². The lowest BCUT2D eigenvalue weighted by molar-refractivity contribution is 0.100. The van der Waals surface area contributed by atoms with Gasteiger partial charge >= 0.3 is 0 Å². The predicted octanol–water partition coefficient (Wildman–Crippen LogP) is 4.31. The van der Waals surface area contributed by atoms with E-state index in [1.165, 1.54) is 25.0 Å². The Balaban J connectivity index is 1.64. The molecular formula is C23H26N4O. The number of nitrogens with zero attached hydrogens (tertiary/aromatic N) is 2. The Kier molecular flexibility index (Phi) is 5.42. The van der Waals surface area contributed by atoms with Crippen LogP contribution in [0.15, 0.2) is 61.1 Å². The highest BCUT2D eigenvalue weighted by atomic mass is 16.1. The standard InChI is InChI=1S/C23H26N4O/c24-23(28)21-11-10-20(15-22(21)26-18-7-2-1-3-8-18)27-13-5-9-19(27)14-17-6-4-12-25-16-17/h4-6,9-13,15-16,18,26H,1-3,7-8,14H2,(H2,24,28). The van der Waals surface area contributed by atoms with Gasteiger partial charge in [0.1, 0.15) is 0 Å². The number of carbonyl (C=O) groups is 1. The van der Waals surface area contributed by atoms with E-state index in [9.17, 15) is 4.79 Å². The van der Waals surface area contributed by atoms with E-state index in [2.05, 4.69) is 33.2 Å². The Hall–Kier alpha value is -3.08. The van der Waals surface area contributed by atoms with Gasteiger partial charge in [0, 0.05) is 48.1 Å². The third kappa shape index (κ3) is 4.09. The van der Waals surface area contributed by atoms with Crippen LogP contribution in [0.1, 0.15) is 53.7 Å². The highest BCUT2D eigenvalue weighted by molar-refractivity contribution is 5.99. The molecule has 0 spiro atoms. The largest absolute Gasteiger partial charge is 0.382 e. The van der Waals surface area contributed by atoms with Crippen LogP contribution in [0.2, 0.25) is 0 Å². The molecule has 0 unspecified atom stereocenters. The summed E-state index contributed by atoms with van der Waals surface area (Å²) in [5.74, 6) is -0.395. The molecule has 1 saturated carbocycles. The molecular weight excluding hydrogens is 348 g/mol. The maximum Gasteiger partial charge on any atom is 0.250 e. The smallest absolute Gasteiger partial charge is 0.250 e. The van der Waals surface area contributed by atoms with E-state index < -0.39 is 5.91 Å². The highest BCUT2D eigenvalue weighted by Gasteiger charge is 2.17. The summed E-state index contributed by atoms with van der Waals surface area (Å²) in [6.07, 6.45) is 12.6. The minimum Gasteiger partial charge on any atom is -0.382 e. The minimum atomic E-state index is -0.395. The number of amides is 1. The van der Waals surface area contributed by atoms with Gasteiger partial charge in [-0.2, -0.15) is 0 Å². The van der Waals surface area contributed by atoms with Gasteiger partial charge in [0.05, 0.1) is 5.56 Å². The molecule has 5 heteroatoms. The minimum absolute atomic E-state index is 0.395. The van der Waals surface area contributed by atoms with Crippen molar-refractivity contribution >= 4 is 11.6 Å². The number of benzene rings is 1. The van der Waals surface area contributed by atoms with Gasteiger partial charge in [0.2, 0.25) is 0 Å². The summed E-state index contributed by atoms with van der Waals surface area (Å²) in [7, 11) is 0. The summed E-state index contributed by atoms with van der Waals surface area (Å²) >= 11 is 0. The number of rotatable bonds is 6. The third-order valence-electron chi connectivity index (χ3n) is 5.45. The quantitative estimate of drug-likeness (QED) is 0.675. The summed E-state index contributed by atoms with van der Waals surface area (Å²) in [5.41, 5.74) is 10.4. The van der Waals surface area contributed by atoms with Crippen LogP contribution >= 0.6 is 0 Å². The first-order valence-corrected chi connectivity index (χ1v) is 9.96. The van der Waals surface area contributed by atoms with E-state index >= 15 is 0 Å². The first-order valence-electron chi connectivity index (χ1n) is 9.96. The normalized spacial score (nSPS) is 14.7. The molecule has 0 aliphatic heterocycles. The molecule has 0 radical (unpaired) electrons. The van der Waals surface area contributed by atoms with Crippen molar-refractivity contribution < 1.29 is 4.79 Å². The molecule has 3 aromatic rings. The average molecular weight is 374 g/mol. The van der Waals surface area contributed by atoms with Crippen molar-refractivity contribution in [3.63, 3.8) is 0 Å². The van der Waals surface area contributed by atoms with E-state index in [0.717, 1.165) is 36.2 Å². The first kappa shape index (κ1) is 18.3. The summed E-state index contributed by atoms with van der Waals surface area (Å²) in [6.45, 7) is 0. The van der Waals surface area contributed by atoms with Gasteiger partial charge in [-0.25, -0.2) is 0 Å². The summed E-state index contributed by atoms with van der Waals surface area (Å²) < 4.78 is 2.16. The van der Waals surface area contributed by atoms with Crippen molar-refractivity contribution in [2.45, 2.75) is 44.6 Å². The van der Waals surface area contributed by atoms with Crippen molar-refractivity contribution in [3.05, 3.63) is 77.9 Å². The summed E-state index contributed by atoms with van der Waals surface area (Å²) in [5, 5.41) is 3.58. The second kappa shape index (κ2) is 8.30. The Bertz CT molecular complexity index is 942. The number of anilines is 1. The summed E-state index contributed by atoms with van der Waals surface area (Å²) in [4.78, 5) is 16.1. The third-order valence-corrected chi connectivity index (χ3v) is 5.45. The zero-order valence-corrected chi connectivity index (χ0v) is 16.0. The Morgan fingerprint density at radius 1 is 1.14 bits per heavy atom. The van der Waals surface area contributed by atoms with Crippen molar-refractivity contribution in [1.29, 1.82) is 0 Å². The van der Waals surface area contributed by atoms with E-state index in [1.807, 2.05) is 36.5 Å². The number of nitrogens with two attached hydrogens (primary N) is 1. The number of hydrogen-bond donors (Lipinski definition) is 2. The van der Waals surface area contributed by atoms with Crippen LogP contribution in [0.25, 0.3) is 5.69 Å². The number of pyridine rings is 1. The lowest BCUT2D eigenvalue weighted by Crippen LogP contribution is -2.24. The SMILES string of the molecule is NC(=O)c1ccc(-n2cccc2Cc2cccnc2)cc1NC1CCCCC1. The molecule has 0 saturated heterocycles. The number of primary amides is 1. The zero-order chi connectivity index (χ0) is 19.3. The maximum absolute atomic E-state index is 11.9. The number of nitrogens with one attached hydrogen (secondary N) is 1. The molecule has 1 aliphatic rings. The Labute approximate surface area is 165 Å². The van der Waals surface area contributed by atoms with Gasteiger partial charge in [-0.1, -0.05) is 25.3 Å². The zero-order valence-electron chi connectivity index (χ0n) is 16.0. The number of aromatic nitrogens is 2. The van der Waals surface area contributed by atoms with Crippen LogP contribution in [0.3, 0.4) is 0 Å². The predicted molar refractivity (Wildman–Crippen MR) is 112 cm³/mol. The first-order chi connectivity index (χ1) is 13.7. The average Bonchev–Trinajstić information content (AvgIpc) is 3.17. The number of hydrogen-bond acceptors (Lipinski definition) is 3. The Morgan fingerprint density at radius 2 is 2.00 bits per heavy atom. The van der Waals surface area contributed by atoms with Gasteiger partial charge in [-0.15, -0.1) is 0 Å². The Morgan fingerprint density at radius 3 is 2.75 bits per heavy atom. The van der Waals surface area contributed by atoms with Gasteiger partial charge in [0.25, 0.3) is 5.91 Å². The van der Waals surface area contributed by atoms with Crippen molar-refractivity contribution in [2.24, 2.45) is 5.73 Å². The van der Waals surface area contributed by atoms with Gasteiger partial charge in [-0.05, 0) is 54.8 Å². The molecule has 0 atom stereocenters. The fourth-order valence-electron chi connectivity index (χ4n) is 4.01. The van der Waals surface area contributed by atoms with Crippen LogP contribution in [0, 0.1) is 0 Å². The van der Waals surface area contributed by atoms with E-state index in [4.69, 9.17) is 5.73 Å². The molecule has 1 amide bonds. The second-order valence-corrected chi connectivity index (χ2v) is 7.48. The van der Waals surface area contributed by atoms with Gasteiger partial charge in [0.15, 0.2) is 0 Å². The van der Waals surface area contributed by atoms with Crippen LogP contribution in [0.4, 0.5) is 5.69 Å². The van der Waals surface area contributed by atoms with Crippen molar-refractivity contribution in [2.75, 3.05) is 5.32 Å². The van der Waals surface area contributed by atoms with Crippen LogP contribution in [-0.4, -0.2) is 21.5 Å². The van der Waals surface area contributed by atoms with E-state index in [0.29, 0.717) is 11.6 Å². The van der Waals surface area contributed by atoms with Crippen molar-refractivity contribution in [1.82, 2.24) is 9.55 Å². The maximum atomic E-state index is 11.9. The lowest BCUT2D eigenvalue weighted by atomic mass is 9.95. The monoisotopic (exact) mass is 374 g/mol. The number of carbonyl (C=O) groups excluding carboxylic acids is 1. The van der Waals surface area contributed by atoms with Gasteiger partial charge in [-0.3, -0.25) is 9.78 Å². The van der Waals surface area contributed by atoms with Crippen LogP contribution in [0.5, 0.6) is 0 Å². The molecule has 1 aliphatic carbocycles. The second-order valence-electron chi connectivity index (χ2n) is 7.48. The van der Waals surface area contributed by atoms with E-state index in [1.54, 1.807) is 6.20 Å². The molecule has 5 nitrogen and oxygen atoms in total. The molecule has 4 rings (SSSR count). The molecule has 3 N–H and O–H groups in total. The molecule has 1 aromatic carbocycles. The highest BCUT2D eigenvalue weighted by Crippen LogP contribution is 2.27. The van der Waals surface area contributed by atoms with E-state index in [-0.39, 0.29) is 0 Å². The molecule has 28 heavy (non-hydrogen) atoms. The molecule has 1 fully saturated rings. The topological polar surface area (TPSA) is 72.9 Å².